The van der Waals surface area contributed by atoms with Crippen LogP contribution in [0.1, 0.15) is 19.2 Å². The quantitative estimate of drug-likeness (QED) is 0.858. The Morgan fingerprint density at radius 3 is 2.50 bits per heavy atom. The minimum Gasteiger partial charge on any atom is -0.339 e. The maximum absolute atomic E-state index is 13.1. The molecule has 20 heavy (non-hydrogen) atoms. The average molecular weight is 285 g/mol. The first-order valence-electron chi connectivity index (χ1n) is 6.18. The zero-order valence-electron chi connectivity index (χ0n) is 10.9. The van der Waals surface area contributed by atoms with E-state index in [4.69, 9.17) is 10.3 Å². The van der Waals surface area contributed by atoms with E-state index >= 15 is 0 Å². The molecular weight excluding hydrogens is 271 g/mol. The number of hydrogen-bond acceptors (Lipinski definition) is 4. The smallest absolute Gasteiger partial charge is 0.226 e. The van der Waals surface area contributed by atoms with E-state index in [0.717, 1.165) is 18.6 Å². The predicted molar refractivity (Wildman–Crippen MR) is 66.1 cm³/mol. The molecule has 7 heteroatoms. The van der Waals surface area contributed by atoms with E-state index < -0.39 is 17.5 Å². The van der Waals surface area contributed by atoms with Gasteiger partial charge in [0.1, 0.15) is 0 Å². The fourth-order valence-corrected chi connectivity index (χ4v) is 1.65. The summed E-state index contributed by atoms with van der Waals surface area (Å²) in [7, 11) is 0. The topological polar surface area (TPSA) is 64.9 Å². The second kappa shape index (κ2) is 6.04. The summed E-state index contributed by atoms with van der Waals surface area (Å²) in [5.41, 5.74) is 5.53. The van der Waals surface area contributed by atoms with E-state index in [2.05, 4.69) is 10.1 Å². The molecule has 0 aliphatic carbocycles. The van der Waals surface area contributed by atoms with E-state index in [1.165, 1.54) is 0 Å². The van der Waals surface area contributed by atoms with Crippen molar-refractivity contribution in [2.75, 3.05) is 6.54 Å². The molecule has 2 N–H and O–H groups in total. The molecule has 0 amide bonds. The molecule has 108 valence electrons. The summed E-state index contributed by atoms with van der Waals surface area (Å²) in [5.74, 6) is -3.41. The predicted octanol–water partition coefficient (Wildman–Crippen LogP) is 2.68. The van der Waals surface area contributed by atoms with E-state index in [-0.39, 0.29) is 11.4 Å². The van der Waals surface area contributed by atoms with Crippen molar-refractivity contribution in [1.82, 2.24) is 10.1 Å². The van der Waals surface area contributed by atoms with Gasteiger partial charge in [0.2, 0.25) is 11.7 Å². The molecule has 0 bridgehead atoms. The lowest BCUT2D eigenvalue weighted by molar-refractivity contribution is 0.366. The number of hydrogen-bond donors (Lipinski definition) is 1. The van der Waals surface area contributed by atoms with Crippen molar-refractivity contribution in [3.8, 4) is 11.4 Å². The zero-order chi connectivity index (χ0) is 14.7. The van der Waals surface area contributed by atoms with Crippen LogP contribution in [0.3, 0.4) is 0 Å². The summed E-state index contributed by atoms with van der Waals surface area (Å²) in [6.45, 7) is 2.54. The summed E-state index contributed by atoms with van der Waals surface area (Å²) in [5, 5.41) is 3.63. The molecule has 1 aromatic heterocycles. The Labute approximate surface area is 113 Å². The Kier molecular flexibility index (Phi) is 4.39. The zero-order valence-corrected chi connectivity index (χ0v) is 10.9. The number of rotatable bonds is 5. The van der Waals surface area contributed by atoms with Gasteiger partial charge in [-0.25, -0.2) is 13.2 Å². The van der Waals surface area contributed by atoms with E-state index in [9.17, 15) is 13.2 Å². The first kappa shape index (κ1) is 14.5. The van der Waals surface area contributed by atoms with Crippen LogP contribution >= 0.6 is 0 Å². The molecule has 0 saturated carbocycles. The summed E-state index contributed by atoms with van der Waals surface area (Å²) >= 11 is 0. The third-order valence-electron chi connectivity index (χ3n) is 2.96. The number of benzene rings is 1. The van der Waals surface area contributed by atoms with Crippen LogP contribution in [0, 0.1) is 23.4 Å². The molecule has 1 aromatic carbocycles. The van der Waals surface area contributed by atoms with Gasteiger partial charge in [0.15, 0.2) is 17.5 Å². The molecular formula is C13H14F3N3O. The van der Waals surface area contributed by atoms with Crippen LogP contribution in [0.25, 0.3) is 11.4 Å². The highest BCUT2D eigenvalue weighted by Gasteiger charge is 2.15. The lowest BCUT2D eigenvalue weighted by atomic mass is 10.1. The van der Waals surface area contributed by atoms with Crippen LogP contribution in [-0.4, -0.2) is 16.7 Å². The number of halogens is 3. The van der Waals surface area contributed by atoms with Gasteiger partial charge in [-0.05, 0) is 31.0 Å². The van der Waals surface area contributed by atoms with Crippen LogP contribution in [0.2, 0.25) is 0 Å². The molecule has 0 spiro atoms. The average Bonchev–Trinajstić information content (AvgIpc) is 2.90. The molecule has 2 aromatic rings. The van der Waals surface area contributed by atoms with Gasteiger partial charge in [-0.2, -0.15) is 4.98 Å². The Balaban J connectivity index is 2.16. The van der Waals surface area contributed by atoms with Crippen molar-refractivity contribution in [3.05, 3.63) is 35.5 Å². The highest BCUT2D eigenvalue weighted by molar-refractivity contribution is 5.54. The monoisotopic (exact) mass is 285 g/mol. The highest BCUT2D eigenvalue weighted by atomic mass is 19.2. The third-order valence-corrected chi connectivity index (χ3v) is 2.96. The number of aromatic nitrogens is 2. The third kappa shape index (κ3) is 3.16. The fraction of sp³-hybridized carbons (Fsp3) is 0.385. The minimum absolute atomic E-state index is 0.0261. The Hall–Kier alpha value is -1.89. The van der Waals surface area contributed by atoms with Crippen molar-refractivity contribution in [2.45, 2.75) is 19.8 Å². The van der Waals surface area contributed by atoms with Gasteiger partial charge < -0.3 is 10.3 Å². The highest BCUT2D eigenvalue weighted by Crippen LogP contribution is 2.21. The molecule has 0 radical (unpaired) electrons. The first-order chi connectivity index (χ1) is 9.51. The lowest BCUT2D eigenvalue weighted by Crippen LogP contribution is -2.11. The van der Waals surface area contributed by atoms with Crippen molar-refractivity contribution in [1.29, 1.82) is 0 Å². The summed E-state index contributed by atoms with van der Waals surface area (Å²) in [6.07, 6.45) is 1.29. The number of nitrogens with two attached hydrogens (primary N) is 1. The molecule has 0 fully saturated rings. The van der Waals surface area contributed by atoms with Crippen LogP contribution in [0.4, 0.5) is 13.2 Å². The maximum atomic E-state index is 13.1. The van der Waals surface area contributed by atoms with Crippen molar-refractivity contribution in [2.24, 2.45) is 11.7 Å². The molecule has 1 atom stereocenters. The van der Waals surface area contributed by atoms with Gasteiger partial charge in [0, 0.05) is 12.0 Å². The normalized spacial score (nSPS) is 12.7. The van der Waals surface area contributed by atoms with Crippen molar-refractivity contribution < 1.29 is 17.7 Å². The largest absolute Gasteiger partial charge is 0.339 e. The summed E-state index contributed by atoms with van der Waals surface area (Å²) in [6, 6.07) is 1.66. The second-order valence-electron chi connectivity index (χ2n) is 4.65. The fourth-order valence-electron chi connectivity index (χ4n) is 1.65. The van der Waals surface area contributed by atoms with E-state index in [1.54, 1.807) is 0 Å². The van der Waals surface area contributed by atoms with Gasteiger partial charge in [-0.3, -0.25) is 0 Å². The first-order valence-corrected chi connectivity index (χ1v) is 6.18. The van der Waals surface area contributed by atoms with Gasteiger partial charge in [-0.15, -0.1) is 0 Å². The summed E-state index contributed by atoms with van der Waals surface area (Å²) in [4.78, 5) is 4.02. The van der Waals surface area contributed by atoms with Crippen molar-refractivity contribution in [3.63, 3.8) is 0 Å². The summed E-state index contributed by atoms with van der Waals surface area (Å²) < 4.78 is 44.1. The molecule has 0 aliphatic rings. The van der Waals surface area contributed by atoms with E-state index in [1.807, 2.05) is 6.92 Å². The Bertz CT molecular complexity index is 577. The van der Waals surface area contributed by atoms with Gasteiger partial charge >= 0.3 is 0 Å². The van der Waals surface area contributed by atoms with Gasteiger partial charge in [0.05, 0.1) is 0 Å². The molecule has 4 nitrogen and oxygen atoms in total. The van der Waals surface area contributed by atoms with Crippen LogP contribution < -0.4 is 5.73 Å². The molecule has 0 aliphatic heterocycles. The maximum Gasteiger partial charge on any atom is 0.226 e. The SMILES string of the molecule is CC(CN)CCc1nc(-c2cc(F)c(F)c(F)c2)no1. The van der Waals surface area contributed by atoms with Crippen LogP contribution in [0.5, 0.6) is 0 Å². The van der Waals surface area contributed by atoms with E-state index in [0.29, 0.717) is 24.8 Å². The molecule has 2 rings (SSSR count). The van der Waals surface area contributed by atoms with Crippen molar-refractivity contribution >= 4 is 0 Å². The number of nitrogens with zero attached hydrogens (tertiary/aromatic N) is 2. The second-order valence-corrected chi connectivity index (χ2v) is 4.65. The van der Waals surface area contributed by atoms with Crippen LogP contribution in [0.15, 0.2) is 16.7 Å². The Morgan fingerprint density at radius 1 is 1.25 bits per heavy atom. The lowest BCUT2D eigenvalue weighted by Gasteiger charge is -2.03. The minimum atomic E-state index is -1.52. The molecule has 1 heterocycles. The molecule has 0 saturated heterocycles. The standard InChI is InChI=1S/C13H14F3N3O/c1-7(6-17)2-3-11-18-13(19-20-11)8-4-9(14)12(16)10(15)5-8/h4-5,7H,2-3,6,17H2,1H3. The van der Waals surface area contributed by atoms with Gasteiger partial charge in [-0.1, -0.05) is 12.1 Å². The van der Waals surface area contributed by atoms with Crippen LogP contribution in [-0.2, 0) is 6.42 Å². The molecule has 1 unspecified atom stereocenters. The number of aryl methyl sites for hydroxylation is 1. The van der Waals surface area contributed by atoms with Gasteiger partial charge in [0.25, 0.3) is 0 Å². The Morgan fingerprint density at radius 2 is 1.90 bits per heavy atom.